The molecule has 0 radical (unpaired) electrons. The average Bonchev–Trinajstić information content (AvgIpc) is 3.60. The van der Waals surface area contributed by atoms with Crippen molar-refractivity contribution < 1.29 is 4.42 Å². The molecule has 4 nitrogen and oxygen atoms in total. The third-order valence-corrected chi connectivity index (χ3v) is 9.65. The Morgan fingerprint density at radius 3 is 1.75 bits per heavy atom. The van der Waals surface area contributed by atoms with Gasteiger partial charge in [0.05, 0.1) is 16.9 Å². The van der Waals surface area contributed by atoms with Gasteiger partial charge < -0.3 is 4.42 Å². The maximum atomic E-state index is 6.61. The van der Waals surface area contributed by atoms with E-state index in [-0.39, 0.29) is 0 Å². The molecular weight excluding hydrogens is 623 g/mol. The number of nitrogens with zero attached hydrogens (tertiary/aromatic N) is 3. The number of aromatic nitrogens is 3. The van der Waals surface area contributed by atoms with E-state index in [1.54, 1.807) is 0 Å². The van der Waals surface area contributed by atoms with Crippen LogP contribution in [0.15, 0.2) is 180 Å². The van der Waals surface area contributed by atoms with Gasteiger partial charge in [-0.3, -0.25) is 0 Å². The van der Waals surface area contributed by atoms with Gasteiger partial charge in [-0.15, -0.1) is 0 Å². The van der Waals surface area contributed by atoms with Gasteiger partial charge in [-0.05, 0) is 52.2 Å². The van der Waals surface area contributed by atoms with Gasteiger partial charge in [0.15, 0.2) is 11.4 Å². The van der Waals surface area contributed by atoms with Crippen LogP contribution in [0, 0.1) is 0 Å². The van der Waals surface area contributed by atoms with Gasteiger partial charge in [-0.1, -0.05) is 146 Å². The summed E-state index contributed by atoms with van der Waals surface area (Å²) in [5.41, 5.74) is 11.3. The predicted octanol–water partition coefficient (Wildman–Crippen LogP) is 12.4. The fourth-order valence-electron chi connectivity index (χ4n) is 7.12. The molecule has 0 aliphatic heterocycles. The van der Waals surface area contributed by atoms with E-state index >= 15 is 0 Å². The fourth-order valence-corrected chi connectivity index (χ4v) is 7.12. The zero-order chi connectivity index (χ0) is 33.7. The molecule has 0 aliphatic rings. The minimum Gasteiger partial charge on any atom is -0.454 e. The Morgan fingerprint density at radius 1 is 0.373 bits per heavy atom. The van der Waals surface area contributed by atoms with Crippen LogP contribution in [0.3, 0.4) is 0 Å². The third-order valence-electron chi connectivity index (χ3n) is 9.65. The molecule has 4 heteroatoms. The first-order valence-corrected chi connectivity index (χ1v) is 17.1. The van der Waals surface area contributed by atoms with E-state index in [9.17, 15) is 0 Å². The molecule has 0 bridgehead atoms. The van der Waals surface area contributed by atoms with Crippen LogP contribution >= 0.6 is 0 Å². The zero-order valence-electron chi connectivity index (χ0n) is 27.5. The molecule has 0 saturated carbocycles. The van der Waals surface area contributed by atoms with E-state index in [4.69, 9.17) is 19.4 Å². The lowest BCUT2D eigenvalue weighted by atomic mass is 9.98. The lowest BCUT2D eigenvalue weighted by Crippen LogP contribution is -1.96. The van der Waals surface area contributed by atoms with Crippen LogP contribution in [-0.2, 0) is 0 Å². The van der Waals surface area contributed by atoms with Crippen molar-refractivity contribution in [3.8, 4) is 56.3 Å². The Labute approximate surface area is 294 Å². The number of fused-ring (bicyclic) bond motifs is 6. The number of hydrogen-bond acceptors (Lipinski definition) is 4. The highest BCUT2D eigenvalue weighted by atomic mass is 16.3. The van der Waals surface area contributed by atoms with Crippen LogP contribution in [0.1, 0.15) is 0 Å². The second-order valence-corrected chi connectivity index (χ2v) is 12.8. The van der Waals surface area contributed by atoms with Crippen LogP contribution in [0.5, 0.6) is 0 Å². The lowest BCUT2D eigenvalue weighted by molar-refractivity contribution is 0.669. The Hall–Kier alpha value is -6.91. The van der Waals surface area contributed by atoms with Gasteiger partial charge in [0, 0.05) is 38.4 Å². The summed E-state index contributed by atoms with van der Waals surface area (Å²) in [6, 6.07) is 60.8. The molecule has 238 valence electrons. The average molecular weight is 652 g/mol. The number of furan rings is 1. The van der Waals surface area contributed by atoms with Gasteiger partial charge in [-0.25, -0.2) is 15.0 Å². The fraction of sp³-hybridized carbons (Fsp3) is 0. The summed E-state index contributed by atoms with van der Waals surface area (Å²) < 4.78 is 6.61. The Kier molecular flexibility index (Phi) is 6.78. The highest BCUT2D eigenvalue weighted by molar-refractivity contribution is 6.22. The summed E-state index contributed by atoms with van der Waals surface area (Å²) in [4.78, 5) is 15.5. The van der Waals surface area contributed by atoms with E-state index in [1.165, 1.54) is 10.9 Å². The predicted molar refractivity (Wildman–Crippen MR) is 209 cm³/mol. The van der Waals surface area contributed by atoms with Crippen molar-refractivity contribution in [1.29, 1.82) is 0 Å². The van der Waals surface area contributed by atoms with Crippen LogP contribution in [-0.4, -0.2) is 15.0 Å². The van der Waals surface area contributed by atoms with E-state index in [0.717, 1.165) is 83.1 Å². The number of para-hydroxylation sites is 1. The summed E-state index contributed by atoms with van der Waals surface area (Å²) in [6.45, 7) is 0. The van der Waals surface area contributed by atoms with Crippen LogP contribution < -0.4 is 0 Å². The van der Waals surface area contributed by atoms with Crippen molar-refractivity contribution in [3.05, 3.63) is 176 Å². The monoisotopic (exact) mass is 651 g/mol. The first-order valence-electron chi connectivity index (χ1n) is 17.1. The molecule has 0 aliphatic carbocycles. The molecule has 3 aromatic heterocycles. The number of rotatable bonds is 5. The minimum atomic E-state index is 0.677. The maximum absolute atomic E-state index is 6.61. The van der Waals surface area contributed by atoms with Gasteiger partial charge in [0.25, 0.3) is 0 Å². The number of benzene rings is 7. The SMILES string of the molecule is c1ccc(-c2ccc(-c3cc(-c4cccc(-c5nc6cc7ccccc7cc6c6c5oc5ccccc56)c4)nc(-c4ccccc4)n3)cc2)cc1. The van der Waals surface area contributed by atoms with E-state index in [1.807, 2.05) is 36.4 Å². The van der Waals surface area contributed by atoms with Gasteiger partial charge in [0.1, 0.15) is 11.3 Å². The number of pyridine rings is 1. The van der Waals surface area contributed by atoms with Crippen LogP contribution in [0.4, 0.5) is 0 Å². The van der Waals surface area contributed by atoms with E-state index < -0.39 is 0 Å². The second-order valence-electron chi connectivity index (χ2n) is 12.8. The second kappa shape index (κ2) is 11.9. The smallest absolute Gasteiger partial charge is 0.162 e. The molecule has 3 heterocycles. The molecular formula is C47H29N3O. The standard InChI is InChI=1S/C47H29N3O/c1-3-12-30(13-4-1)31-22-24-32(25-23-31)40-29-41(50-47(49-40)33-14-5-2-6-15-33)36-18-11-19-37(26-36)45-46-44(38-20-9-10-21-43(38)51-46)39-27-34-16-7-8-17-35(34)28-42(39)48-45/h1-29H. The molecule has 0 atom stereocenters. The topological polar surface area (TPSA) is 51.8 Å². The first kappa shape index (κ1) is 29.0. The molecule has 0 saturated heterocycles. The Bertz CT molecular complexity index is 2900. The third kappa shape index (κ3) is 5.13. The molecule has 0 amide bonds. The quantitative estimate of drug-likeness (QED) is 0.174. The van der Waals surface area contributed by atoms with Crippen molar-refractivity contribution in [3.63, 3.8) is 0 Å². The molecule has 51 heavy (non-hydrogen) atoms. The van der Waals surface area contributed by atoms with Gasteiger partial charge >= 0.3 is 0 Å². The largest absolute Gasteiger partial charge is 0.454 e. The number of hydrogen-bond donors (Lipinski definition) is 0. The summed E-state index contributed by atoms with van der Waals surface area (Å²) in [7, 11) is 0. The molecule has 10 rings (SSSR count). The summed E-state index contributed by atoms with van der Waals surface area (Å²) >= 11 is 0. The maximum Gasteiger partial charge on any atom is 0.162 e. The highest BCUT2D eigenvalue weighted by Gasteiger charge is 2.19. The molecule has 0 spiro atoms. The van der Waals surface area contributed by atoms with Gasteiger partial charge in [-0.2, -0.15) is 0 Å². The molecule has 0 fully saturated rings. The van der Waals surface area contributed by atoms with Crippen molar-refractivity contribution in [2.24, 2.45) is 0 Å². The van der Waals surface area contributed by atoms with Crippen molar-refractivity contribution in [1.82, 2.24) is 15.0 Å². The Balaban J connectivity index is 1.15. The summed E-state index contributed by atoms with van der Waals surface area (Å²) in [5.74, 6) is 0.677. The van der Waals surface area contributed by atoms with Crippen molar-refractivity contribution in [2.75, 3.05) is 0 Å². The van der Waals surface area contributed by atoms with Crippen molar-refractivity contribution >= 4 is 43.6 Å². The molecule has 0 N–H and O–H groups in total. The van der Waals surface area contributed by atoms with Crippen LogP contribution in [0.2, 0.25) is 0 Å². The Morgan fingerprint density at radius 2 is 0.961 bits per heavy atom. The van der Waals surface area contributed by atoms with Crippen LogP contribution in [0.25, 0.3) is 99.9 Å². The normalized spacial score (nSPS) is 11.5. The van der Waals surface area contributed by atoms with Crippen molar-refractivity contribution in [2.45, 2.75) is 0 Å². The minimum absolute atomic E-state index is 0.677. The lowest BCUT2D eigenvalue weighted by Gasteiger charge is -2.12. The molecule has 10 aromatic rings. The summed E-state index contributed by atoms with van der Waals surface area (Å²) in [6.07, 6.45) is 0. The van der Waals surface area contributed by atoms with E-state index in [0.29, 0.717) is 5.82 Å². The molecule has 0 unspecified atom stereocenters. The van der Waals surface area contributed by atoms with Gasteiger partial charge in [0.2, 0.25) is 0 Å². The highest BCUT2D eigenvalue weighted by Crippen LogP contribution is 2.41. The summed E-state index contributed by atoms with van der Waals surface area (Å²) in [5, 5.41) is 5.58. The zero-order valence-corrected chi connectivity index (χ0v) is 27.5. The first-order chi connectivity index (χ1) is 25.2. The van der Waals surface area contributed by atoms with E-state index in [2.05, 4.69) is 140 Å². The molecule has 7 aromatic carbocycles.